The summed E-state index contributed by atoms with van der Waals surface area (Å²) >= 11 is 0. The molecule has 1 heterocycles. The van der Waals surface area contributed by atoms with Crippen molar-refractivity contribution in [1.82, 2.24) is 19.7 Å². The first kappa shape index (κ1) is 13.5. The van der Waals surface area contributed by atoms with Gasteiger partial charge in [0.1, 0.15) is 6.54 Å². The Morgan fingerprint density at radius 2 is 1.85 bits per heavy atom. The number of rotatable bonds is 3. The molecule has 104 valence electrons. The Hall–Kier alpha value is -2.90. The zero-order valence-corrected chi connectivity index (χ0v) is 10.6. The van der Waals surface area contributed by atoms with Crippen LogP contribution in [0, 0.1) is 0 Å². The lowest BCUT2D eigenvalue weighted by molar-refractivity contribution is -0.129. The van der Waals surface area contributed by atoms with E-state index >= 15 is 0 Å². The third-order valence-electron chi connectivity index (χ3n) is 2.49. The Morgan fingerprint density at radius 1 is 1.20 bits per heavy atom. The summed E-state index contributed by atoms with van der Waals surface area (Å²) in [5.41, 5.74) is -0.943. The Kier molecular flexibility index (Phi) is 3.65. The van der Waals surface area contributed by atoms with Crippen LogP contribution < -0.4 is 16.7 Å². The van der Waals surface area contributed by atoms with Crippen LogP contribution in [0.1, 0.15) is 6.92 Å². The van der Waals surface area contributed by atoms with Crippen molar-refractivity contribution in [2.45, 2.75) is 13.5 Å². The van der Waals surface area contributed by atoms with Crippen molar-refractivity contribution in [3.8, 4) is 5.69 Å². The van der Waals surface area contributed by atoms with Crippen LogP contribution in [0.4, 0.5) is 0 Å². The SMILES string of the molecule is CC(=O)NC(=O)Cn1[nH]c(=O)n(-c2ccccc2)c1=O. The fourth-order valence-electron chi connectivity index (χ4n) is 1.71. The zero-order valence-electron chi connectivity index (χ0n) is 10.6. The zero-order chi connectivity index (χ0) is 14.7. The number of imide groups is 1. The van der Waals surface area contributed by atoms with Crippen molar-refractivity contribution in [2.24, 2.45) is 0 Å². The lowest BCUT2D eigenvalue weighted by Gasteiger charge is -2.00. The molecular formula is C12H12N4O4. The molecule has 1 aromatic carbocycles. The Morgan fingerprint density at radius 3 is 2.45 bits per heavy atom. The van der Waals surface area contributed by atoms with Gasteiger partial charge in [0, 0.05) is 6.92 Å². The molecule has 0 saturated carbocycles. The highest BCUT2D eigenvalue weighted by molar-refractivity contribution is 5.93. The van der Waals surface area contributed by atoms with Gasteiger partial charge < -0.3 is 0 Å². The molecule has 0 atom stereocenters. The van der Waals surface area contributed by atoms with Gasteiger partial charge in [0.2, 0.25) is 11.8 Å². The fraction of sp³-hybridized carbons (Fsp3) is 0.167. The standard InChI is InChI=1S/C12H12N4O4/c1-8(17)13-10(18)7-15-12(20)16(11(19)14-15)9-5-3-2-4-6-9/h2-6H,7H2,1H3,(H,14,19)(H,13,17,18). The molecule has 0 fully saturated rings. The van der Waals surface area contributed by atoms with Gasteiger partial charge in [-0.05, 0) is 12.1 Å². The van der Waals surface area contributed by atoms with Gasteiger partial charge in [0.05, 0.1) is 5.69 Å². The molecule has 20 heavy (non-hydrogen) atoms. The summed E-state index contributed by atoms with van der Waals surface area (Å²) in [6, 6.07) is 8.30. The number of aromatic nitrogens is 3. The molecular weight excluding hydrogens is 264 g/mol. The van der Waals surface area contributed by atoms with Crippen molar-refractivity contribution in [2.75, 3.05) is 0 Å². The van der Waals surface area contributed by atoms with Gasteiger partial charge in [-0.2, -0.15) is 0 Å². The number of hydrogen-bond donors (Lipinski definition) is 2. The van der Waals surface area contributed by atoms with Gasteiger partial charge >= 0.3 is 11.4 Å². The van der Waals surface area contributed by atoms with E-state index in [-0.39, 0.29) is 0 Å². The molecule has 0 bridgehead atoms. The molecule has 2 amide bonds. The first-order valence-corrected chi connectivity index (χ1v) is 5.76. The quantitative estimate of drug-likeness (QED) is 0.749. The Balaban J connectivity index is 2.36. The van der Waals surface area contributed by atoms with E-state index in [1.165, 1.54) is 6.92 Å². The smallest absolute Gasteiger partial charge is 0.295 e. The van der Waals surface area contributed by atoms with Crippen LogP contribution in [0.25, 0.3) is 5.69 Å². The predicted octanol–water partition coefficient (Wildman–Crippen LogP) is -1.01. The van der Waals surface area contributed by atoms with Gasteiger partial charge in [-0.3, -0.25) is 14.9 Å². The van der Waals surface area contributed by atoms with Gasteiger partial charge in [-0.1, -0.05) is 18.2 Å². The number of benzene rings is 1. The van der Waals surface area contributed by atoms with Crippen LogP contribution in [0.2, 0.25) is 0 Å². The number of nitrogens with zero attached hydrogens (tertiary/aromatic N) is 2. The largest absolute Gasteiger partial charge is 0.352 e. The minimum atomic E-state index is -0.681. The molecule has 0 saturated heterocycles. The molecule has 0 aliphatic carbocycles. The first-order valence-electron chi connectivity index (χ1n) is 5.76. The van der Waals surface area contributed by atoms with E-state index in [0.717, 1.165) is 9.25 Å². The normalized spacial score (nSPS) is 10.2. The topological polar surface area (TPSA) is 106 Å². The Labute approximate surface area is 112 Å². The number of aromatic amines is 1. The van der Waals surface area contributed by atoms with Crippen molar-refractivity contribution in [3.05, 3.63) is 51.3 Å². The van der Waals surface area contributed by atoms with Crippen LogP contribution in [-0.4, -0.2) is 26.2 Å². The number of carbonyl (C=O) groups excluding carboxylic acids is 2. The van der Waals surface area contributed by atoms with Crippen molar-refractivity contribution < 1.29 is 9.59 Å². The fourth-order valence-corrected chi connectivity index (χ4v) is 1.71. The maximum Gasteiger partial charge on any atom is 0.352 e. The van der Waals surface area contributed by atoms with Gasteiger partial charge in [-0.15, -0.1) is 0 Å². The molecule has 0 aliphatic heterocycles. The second-order valence-corrected chi connectivity index (χ2v) is 4.06. The summed E-state index contributed by atoms with van der Waals surface area (Å²) in [6.45, 7) is 0.742. The molecule has 0 aliphatic rings. The van der Waals surface area contributed by atoms with E-state index in [4.69, 9.17) is 0 Å². The molecule has 2 aromatic rings. The van der Waals surface area contributed by atoms with Crippen molar-refractivity contribution in [1.29, 1.82) is 0 Å². The van der Waals surface area contributed by atoms with Crippen LogP contribution >= 0.6 is 0 Å². The minimum Gasteiger partial charge on any atom is -0.295 e. The number of amides is 2. The average Bonchev–Trinajstić information content (AvgIpc) is 2.64. The maximum atomic E-state index is 12.0. The second kappa shape index (κ2) is 5.39. The average molecular weight is 276 g/mol. The molecule has 2 rings (SSSR count). The lowest BCUT2D eigenvalue weighted by atomic mass is 10.3. The third-order valence-corrected chi connectivity index (χ3v) is 2.49. The van der Waals surface area contributed by atoms with E-state index in [2.05, 4.69) is 5.10 Å². The number of H-pyrrole nitrogens is 1. The van der Waals surface area contributed by atoms with E-state index in [0.29, 0.717) is 5.69 Å². The summed E-state index contributed by atoms with van der Waals surface area (Å²) in [5, 5.41) is 4.27. The summed E-state index contributed by atoms with van der Waals surface area (Å²) in [4.78, 5) is 45.9. The summed E-state index contributed by atoms with van der Waals surface area (Å²) in [6.07, 6.45) is 0. The molecule has 8 heteroatoms. The summed E-state index contributed by atoms with van der Waals surface area (Å²) < 4.78 is 1.74. The van der Waals surface area contributed by atoms with Crippen LogP contribution in [0.3, 0.4) is 0 Å². The maximum absolute atomic E-state index is 12.0. The van der Waals surface area contributed by atoms with E-state index < -0.39 is 29.7 Å². The van der Waals surface area contributed by atoms with Gasteiger partial charge in [0.25, 0.3) is 0 Å². The highest BCUT2D eigenvalue weighted by Crippen LogP contribution is 1.99. The van der Waals surface area contributed by atoms with Crippen molar-refractivity contribution in [3.63, 3.8) is 0 Å². The molecule has 2 N–H and O–H groups in total. The van der Waals surface area contributed by atoms with E-state index in [9.17, 15) is 19.2 Å². The molecule has 0 unspecified atom stereocenters. The Bertz CT molecular complexity index is 754. The third kappa shape index (κ3) is 2.74. The van der Waals surface area contributed by atoms with Crippen LogP contribution in [0.15, 0.2) is 39.9 Å². The van der Waals surface area contributed by atoms with Gasteiger partial charge in [0.15, 0.2) is 0 Å². The lowest BCUT2D eigenvalue weighted by Crippen LogP contribution is -2.35. The number of para-hydroxylation sites is 1. The summed E-state index contributed by atoms with van der Waals surface area (Å²) in [5.74, 6) is -1.21. The van der Waals surface area contributed by atoms with Crippen LogP contribution in [0.5, 0.6) is 0 Å². The van der Waals surface area contributed by atoms with Crippen molar-refractivity contribution >= 4 is 11.8 Å². The molecule has 8 nitrogen and oxygen atoms in total. The predicted molar refractivity (Wildman–Crippen MR) is 69.5 cm³/mol. The highest BCUT2D eigenvalue weighted by Gasteiger charge is 2.13. The minimum absolute atomic E-state index is 0.393. The monoisotopic (exact) mass is 276 g/mol. The molecule has 0 radical (unpaired) electrons. The molecule has 1 aromatic heterocycles. The molecule has 0 spiro atoms. The number of nitrogens with one attached hydrogen (secondary N) is 2. The number of hydrogen-bond acceptors (Lipinski definition) is 4. The summed E-state index contributed by atoms with van der Waals surface area (Å²) in [7, 11) is 0. The van der Waals surface area contributed by atoms with E-state index in [1.807, 2.05) is 5.32 Å². The van der Waals surface area contributed by atoms with E-state index in [1.54, 1.807) is 30.3 Å². The first-order chi connectivity index (χ1) is 9.49. The van der Waals surface area contributed by atoms with Gasteiger partial charge in [-0.25, -0.2) is 23.9 Å². The second-order valence-electron chi connectivity index (χ2n) is 4.06. The highest BCUT2D eigenvalue weighted by atomic mass is 16.2. The van der Waals surface area contributed by atoms with Crippen LogP contribution in [-0.2, 0) is 16.1 Å². The number of carbonyl (C=O) groups is 2.